The van der Waals surface area contributed by atoms with Crippen molar-refractivity contribution in [2.75, 3.05) is 19.0 Å². The summed E-state index contributed by atoms with van der Waals surface area (Å²) in [5.74, 6) is 0.625. The molecule has 2 atom stereocenters. The largest absolute Gasteiger partial charge is 0.497 e. The summed E-state index contributed by atoms with van der Waals surface area (Å²) in [5, 5.41) is 3.56. The van der Waals surface area contributed by atoms with Crippen LogP contribution in [0.5, 0.6) is 5.75 Å². The smallest absolute Gasteiger partial charge is 0.329 e. The number of nitrogens with one attached hydrogen (secondary N) is 1. The van der Waals surface area contributed by atoms with Crippen LogP contribution in [-0.2, 0) is 14.9 Å². The molecule has 1 aliphatic heterocycles. The summed E-state index contributed by atoms with van der Waals surface area (Å²) in [6.45, 7) is 2.22. The lowest BCUT2D eigenvalue weighted by molar-refractivity contribution is -0.146. The second kappa shape index (κ2) is 7.96. The molecule has 0 saturated heterocycles. The van der Waals surface area contributed by atoms with Gasteiger partial charge in [0.05, 0.1) is 19.1 Å². The number of carbonyl (C=O) groups is 1. The number of hydrogen-bond donors (Lipinski definition) is 1. The first kappa shape index (κ1) is 21.1. The third-order valence-electron chi connectivity index (χ3n) is 7.03. The zero-order chi connectivity index (χ0) is 22.3. The normalized spacial score (nSPS) is 22.5. The molecule has 0 aromatic heterocycles. The molecule has 1 spiro atoms. The number of anilines is 1. The molecule has 1 aliphatic carbocycles. The van der Waals surface area contributed by atoms with Crippen LogP contribution < -0.4 is 10.1 Å². The van der Waals surface area contributed by atoms with Crippen LogP contribution in [0, 0.1) is 5.41 Å². The number of halogens is 1. The zero-order valence-electron chi connectivity index (χ0n) is 18.2. The van der Waals surface area contributed by atoms with Crippen molar-refractivity contribution < 1.29 is 14.3 Å². The van der Waals surface area contributed by atoms with E-state index in [-0.39, 0.29) is 11.4 Å². The van der Waals surface area contributed by atoms with Crippen LogP contribution in [0.3, 0.4) is 0 Å². The standard InChI is InChI=1S/C27H26BrNO3/c1-3-32-25(30)24-26(15-16-26)27(18-7-5-4-6-8-18,19-9-12-21(31-2)13-10-19)22-17-20(28)11-14-23(22)29-24/h4-14,17,24,29H,3,15-16H2,1-2H3. The van der Waals surface area contributed by atoms with E-state index in [9.17, 15) is 4.79 Å². The van der Waals surface area contributed by atoms with Crippen LogP contribution in [-0.4, -0.2) is 25.7 Å². The Morgan fingerprint density at radius 3 is 2.34 bits per heavy atom. The molecule has 164 valence electrons. The predicted molar refractivity (Wildman–Crippen MR) is 129 cm³/mol. The van der Waals surface area contributed by atoms with Gasteiger partial charge >= 0.3 is 5.97 Å². The van der Waals surface area contributed by atoms with Gasteiger partial charge in [-0.25, -0.2) is 4.79 Å². The monoisotopic (exact) mass is 491 g/mol. The maximum absolute atomic E-state index is 13.3. The van der Waals surface area contributed by atoms with Gasteiger partial charge in [-0.2, -0.15) is 0 Å². The maximum atomic E-state index is 13.3. The van der Waals surface area contributed by atoms with Crippen molar-refractivity contribution in [3.63, 3.8) is 0 Å². The lowest BCUT2D eigenvalue weighted by Crippen LogP contribution is -2.56. The van der Waals surface area contributed by atoms with Gasteiger partial charge in [-0.05, 0) is 66.8 Å². The Bertz CT molecular complexity index is 1140. The second-order valence-corrected chi connectivity index (χ2v) is 9.44. The molecule has 4 nitrogen and oxygen atoms in total. The number of rotatable bonds is 5. The molecule has 1 N–H and O–H groups in total. The fourth-order valence-corrected chi connectivity index (χ4v) is 5.98. The third-order valence-corrected chi connectivity index (χ3v) is 7.52. The molecule has 1 saturated carbocycles. The number of fused-ring (bicyclic) bond motifs is 1. The van der Waals surface area contributed by atoms with Gasteiger partial charge in [0.25, 0.3) is 0 Å². The van der Waals surface area contributed by atoms with E-state index in [2.05, 4.69) is 69.8 Å². The van der Waals surface area contributed by atoms with Crippen LogP contribution in [0.4, 0.5) is 5.69 Å². The molecule has 5 heteroatoms. The zero-order valence-corrected chi connectivity index (χ0v) is 19.8. The van der Waals surface area contributed by atoms with Crippen molar-refractivity contribution in [2.24, 2.45) is 5.41 Å². The van der Waals surface area contributed by atoms with E-state index >= 15 is 0 Å². The van der Waals surface area contributed by atoms with Crippen LogP contribution in [0.15, 0.2) is 77.3 Å². The van der Waals surface area contributed by atoms with E-state index in [4.69, 9.17) is 9.47 Å². The van der Waals surface area contributed by atoms with Gasteiger partial charge in [-0.15, -0.1) is 0 Å². The lowest BCUT2D eigenvalue weighted by atomic mass is 9.55. The Morgan fingerprint density at radius 2 is 1.72 bits per heavy atom. The average molecular weight is 492 g/mol. The molecule has 3 aromatic carbocycles. The fraction of sp³-hybridized carbons (Fsp3) is 0.296. The van der Waals surface area contributed by atoms with Gasteiger partial charge in [-0.3, -0.25) is 0 Å². The highest BCUT2D eigenvalue weighted by Crippen LogP contribution is 2.70. The van der Waals surface area contributed by atoms with Gasteiger partial charge in [-0.1, -0.05) is 58.4 Å². The van der Waals surface area contributed by atoms with Crippen molar-refractivity contribution >= 4 is 27.6 Å². The summed E-state index contributed by atoms with van der Waals surface area (Å²) in [7, 11) is 1.68. The van der Waals surface area contributed by atoms with Crippen molar-refractivity contribution in [3.8, 4) is 5.75 Å². The van der Waals surface area contributed by atoms with E-state index in [0.29, 0.717) is 6.61 Å². The molecule has 0 radical (unpaired) electrons. The number of esters is 1. The minimum absolute atomic E-state index is 0.188. The van der Waals surface area contributed by atoms with E-state index < -0.39 is 11.5 Å². The number of methoxy groups -OCH3 is 1. The lowest BCUT2D eigenvalue weighted by Gasteiger charge is -2.51. The summed E-state index contributed by atoms with van der Waals surface area (Å²) in [4.78, 5) is 13.3. The molecule has 0 amide bonds. The van der Waals surface area contributed by atoms with Crippen LogP contribution in [0.2, 0.25) is 0 Å². The summed E-state index contributed by atoms with van der Waals surface area (Å²) in [6, 6.07) is 24.7. The topological polar surface area (TPSA) is 47.6 Å². The second-order valence-electron chi connectivity index (χ2n) is 8.52. The highest BCUT2D eigenvalue weighted by Gasteiger charge is 2.69. The van der Waals surface area contributed by atoms with Crippen LogP contribution in [0.25, 0.3) is 0 Å². The number of ether oxygens (including phenoxy) is 2. The first-order valence-electron chi connectivity index (χ1n) is 11.0. The maximum Gasteiger partial charge on any atom is 0.329 e. The molecule has 1 heterocycles. The Balaban J connectivity index is 1.86. The van der Waals surface area contributed by atoms with Gasteiger partial charge in [0.2, 0.25) is 0 Å². The summed E-state index contributed by atoms with van der Waals surface area (Å²) in [5.41, 5.74) is 3.62. The predicted octanol–water partition coefficient (Wildman–Crippen LogP) is 5.93. The van der Waals surface area contributed by atoms with Crippen molar-refractivity contribution in [1.29, 1.82) is 0 Å². The van der Waals surface area contributed by atoms with E-state index in [0.717, 1.165) is 34.3 Å². The van der Waals surface area contributed by atoms with Crippen molar-refractivity contribution in [2.45, 2.75) is 31.2 Å². The number of hydrogen-bond acceptors (Lipinski definition) is 4. The Morgan fingerprint density at radius 1 is 1.03 bits per heavy atom. The van der Waals surface area contributed by atoms with Crippen molar-refractivity contribution in [1.82, 2.24) is 0 Å². The summed E-state index contributed by atoms with van der Waals surface area (Å²) >= 11 is 3.70. The first-order chi connectivity index (χ1) is 15.6. The molecule has 1 fully saturated rings. The fourth-order valence-electron chi connectivity index (χ4n) is 5.62. The Hall–Kier alpha value is -2.79. The molecule has 2 unspecified atom stereocenters. The molecule has 2 aliphatic rings. The number of carbonyl (C=O) groups excluding carboxylic acids is 1. The Kier molecular flexibility index (Phi) is 5.25. The average Bonchev–Trinajstić information content (AvgIpc) is 3.61. The minimum Gasteiger partial charge on any atom is -0.497 e. The van der Waals surface area contributed by atoms with Gasteiger partial charge in [0.1, 0.15) is 11.8 Å². The van der Waals surface area contributed by atoms with E-state index in [1.54, 1.807) is 7.11 Å². The van der Waals surface area contributed by atoms with Gasteiger partial charge < -0.3 is 14.8 Å². The molecule has 5 rings (SSSR count). The highest BCUT2D eigenvalue weighted by atomic mass is 79.9. The first-order valence-corrected chi connectivity index (χ1v) is 11.8. The number of benzene rings is 3. The minimum atomic E-state index is -0.512. The molecule has 3 aromatic rings. The van der Waals surface area contributed by atoms with Gasteiger partial charge in [0.15, 0.2) is 0 Å². The Labute approximate surface area is 197 Å². The molecule has 0 bridgehead atoms. The summed E-state index contributed by atoms with van der Waals surface area (Å²) in [6.07, 6.45) is 1.85. The molecular weight excluding hydrogens is 466 g/mol. The van der Waals surface area contributed by atoms with Crippen molar-refractivity contribution in [3.05, 3.63) is 94.0 Å². The molecule has 32 heavy (non-hydrogen) atoms. The third kappa shape index (κ3) is 2.98. The van der Waals surface area contributed by atoms with Crippen LogP contribution >= 0.6 is 15.9 Å². The highest BCUT2D eigenvalue weighted by molar-refractivity contribution is 9.10. The van der Waals surface area contributed by atoms with E-state index in [1.807, 2.05) is 31.2 Å². The van der Waals surface area contributed by atoms with Gasteiger partial charge in [0, 0.05) is 15.6 Å². The van der Waals surface area contributed by atoms with Crippen LogP contribution in [0.1, 0.15) is 36.5 Å². The van der Waals surface area contributed by atoms with E-state index in [1.165, 1.54) is 11.1 Å². The quantitative estimate of drug-likeness (QED) is 0.449. The SMILES string of the molecule is CCOC(=O)C1Nc2ccc(Br)cc2C(c2ccccc2)(c2ccc(OC)cc2)C12CC2. The molecular formula is C27H26BrNO3. The summed E-state index contributed by atoms with van der Waals surface area (Å²) < 4.78 is 12.0.